The van der Waals surface area contributed by atoms with Gasteiger partial charge in [0, 0.05) is 25.1 Å². The van der Waals surface area contributed by atoms with Gasteiger partial charge in [-0.15, -0.1) is 0 Å². The van der Waals surface area contributed by atoms with Crippen molar-refractivity contribution >= 4 is 27.5 Å². The van der Waals surface area contributed by atoms with E-state index in [4.69, 9.17) is 5.11 Å². The van der Waals surface area contributed by atoms with E-state index in [1.165, 1.54) is 0 Å². The van der Waals surface area contributed by atoms with E-state index in [1.54, 1.807) is 19.0 Å². The van der Waals surface area contributed by atoms with Gasteiger partial charge in [-0.3, -0.25) is 4.79 Å². The van der Waals surface area contributed by atoms with E-state index in [0.29, 0.717) is 6.54 Å². The van der Waals surface area contributed by atoms with Gasteiger partial charge in [-0.05, 0) is 40.5 Å². The number of carbonyl (C=O) groups excluding carboxylic acids is 1. The van der Waals surface area contributed by atoms with Crippen molar-refractivity contribution in [1.29, 1.82) is 0 Å². The van der Waals surface area contributed by atoms with Crippen LogP contribution in [0.5, 0.6) is 0 Å². The predicted octanol–water partition coefficient (Wildman–Crippen LogP) is 1.86. The lowest BCUT2D eigenvalue weighted by atomic mass is 10.2. The topological polar surface area (TPSA) is 43.8 Å². The Morgan fingerprint density at radius 1 is 1.39 bits per heavy atom. The molecule has 1 rings (SSSR count). The summed E-state index contributed by atoms with van der Waals surface area (Å²) in [5.74, 6) is 0.0648. The molecule has 0 aliphatic rings. The summed E-state index contributed by atoms with van der Waals surface area (Å²) in [7, 11) is 3.50. The zero-order valence-electron chi connectivity index (χ0n) is 11.0. The van der Waals surface area contributed by atoms with Crippen molar-refractivity contribution in [3.63, 3.8) is 0 Å². The number of amides is 1. The van der Waals surface area contributed by atoms with E-state index in [2.05, 4.69) is 15.9 Å². The Kier molecular flexibility index (Phi) is 5.62. The highest BCUT2D eigenvalue weighted by Gasteiger charge is 2.14. The molecule has 0 bridgehead atoms. The van der Waals surface area contributed by atoms with Gasteiger partial charge < -0.3 is 14.9 Å². The van der Waals surface area contributed by atoms with Crippen LogP contribution in [0, 0.1) is 0 Å². The van der Waals surface area contributed by atoms with Crippen molar-refractivity contribution in [2.75, 3.05) is 32.1 Å². The number of aliphatic hydroxyl groups is 1. The highest BCUT2D eigenvalue weighted by atomic mass is 79.9. The van der Waals surface area contributed by atoms with Gasteiger partial charge in [0.2, 0.25) is 5.91 Å². The first-order chi connectivity index (χ1) is 8.49. The minimum Gasteiger partial charge on any atom is -0.392 e. The molecular formula is C13H19BrN2O2. The standard InChI is InChI=1S/C13H19BrN2O2/c1-4-16(8-13(18)15(2)3)12-6-5-10(9-17)7-11(12)14/h5-7,17H,4,8-9H2,1-3H3. The van der Waals surface area contributed by atoms with E-state index < -0.39 is 0 Å². The summed E-state index contributed by atoms with van der Waals surface area (Å²) in [6.45, 7) is 3.12. The monoisotopic (exact) mass is 314 g/mol. The zero-order chi connectivity index (χ0) is 13.7. The van der Waals surface area contributed by atoms with Gasteiger partial charge in [0.25, 0.3) is 0 Å². The number of nitrogens with zero attached hydrogens (tertiary/aromatic N) is 2. The molecular weight excluding hydrogens is 296 g/mol. The summed E-state index contributed by atoms with van der Waals surface area (Å²) in [6.07, 6.45) is 0. The molecule has 100 valence electrons. The third kappa shape index (κ3) is 3.71. The Labute approximate surface area is 116 Å². The Morgan fingerprint density at radius 3 is 2.50 bits per heavy atom. The van der Waals surface area contributed by atoms with Gasteiger partial charge in [-0.25, -0.2) is 0 Å². The third-order valence-corrected chi connectivity index (χ3v) is 3.38. The van der Waals surface area contributed by atoms with Crippen LogP contribution in [0.15, 0.2) is 22.7 Å². The van der Waals surface area contributed by atoms with E-state index in [0.717, 1.165) is 22.3 Å². The number of halogens is 1. The fourth-order valence-corrected chi connectivity index (χ4v) is 2.25. The second kappa shape index (κ2) is 6.75. The van der Waals surface area contributed by atoms with Crippen LogP contribution in [0.1, 0.15) is 12.5 Å². The summed E-state index contributed by atoms with van der Waals surface area (Å²) in [5.41, 5.74) is 1.81. The lowest BCUT2D eigenvalue weighted by Gasteiger charge is -2.25. The Morgan fingerprint density at radius 2 is 2.06 bits per heavy atom. The lowest BCUT2D eigenvalue weighted by Crippen LogP contribution is -2.36. The molecule has 4 nitrogen and oxygen atoms in total. The van der Waals surface area contributed by atoms with Crippen LogP contribution < -0.4 is 4.90 Å². The van der Waals surface area contributed by atoms with Crippen LogP contribution in [-0.4, -0.2) is 43.1 Å². The normalized spacial score (nSPS) is 10.3. The smallest absolute Gasteiger partial charge is 0.241 e. The molecule has 1 N–H and O–H groups in total. The van der Waals surface area contributed by atoms with Gasteiger partial charge in [-0.2, -0.15) is 0 Å². The molecule has 0 aromatic heterocycles. The van der Waals surface area contributed by atoms with E-state index in [-0.39, 0.29) is 12.5 Å². The van der Waals surface area contributed by atoms with Crippen molar-refractivity contribution in [3.8, 4) is 0 Å². The van der Waals surface area contributed by atoms with Crippen molar-refractivity contribution in [2.24, 2.45) is 0 Å². The molecule has 0 spiro atoms. The molecule has 1 aromatic rings. The first kappa shape index (κ1) is 15.0. The Balaban J connectivity index is 2.91. The summed E-state index contributed by atoms with van der Waals surface area (Å²) in [4.78, 5) is 15.3. The maximum Gasteiger partial charge on any atom is 0.241 e. The second-order valence-electron chi connectivity index (χ2n) is 4.25. The van der Waals surface area contributed by atoms with Crippen LogP contribution in [-0.2, 0) is 11.4 Å². The molecule has 0 unspecified atom stereocenters. The van der Waals surface area contributed by atoms with Gasteiger partial charge in [0.05, 0.1) is 18.8 Å². The molecule has 0 saturated heterocycles. The van der Waals surface area contributed by atoms with E-state index >= 15 is 0 Å². The summed E-state index contributed by atoms with van der Waals surface area (Å²) in [5, 5.41) is 9.07. The number of hydrogen-bond acceptors (Lipinski definition) is 3. The molecule has 0 fully saturated rings. The van der Waals surface area contributed by atoms with Crippen LogP contribution in [0.4, 0.5) is 5.69 Å². The molecule has 0 heterocycles. The van der Waals surface area contributed by atoms with Crippen molar-refractivity contribution < 1.29 is 9.90 Å². The minimum atomic E-state index is 0.0155. The maximum atomic E-state index is 11.7. The van der Waals surface area contributed by atoms with Gasteiger partial charge in [-0.1, -0.05) is 6.07 Å². The average molecular weight is 315 g/mol. The first-order valence-electron chi connectivity index (χ1n) is 5.84. The predicted molar refractivity (Wildman–Crippen MR) is 76.6 cm³/mol. The SMILES string of the molecule is CCN(CC(=O)N(C)C)c1ccc(CO)cc1Br. The van der Waals surface area contributed by atoms with Crippen molar-refractivity contribution in [1.82, 2.24) is 4.90 Å². The zero-order valence-corrected chi connectivity index (χ0v) is 12.6. The average Bonchev–Trinajstić information content (AvgIpc) is 2.35. The molecule has 1 amide bonds. The largest absolute Gasteiger partial charge is 0.392 e. The second-order valence-corrected chi connectivity index (χ2v) is 5.10. The van der Waals surface area contributed by atoms with Crippen LogP contribution in [0.25, 0.3) is 0 Å². The van der Waals surface area contributed by atoms with Crippen LogP contribution in [0.2, 0.25) is 0 Å². The minimum absolute atomic E-state index is 0.0155. The molecule has 0 saturated carbocycles. The van der Waals surface area contributed by atoms with Crippen molar-refractivity contribution in [2.45, 2.75) is 13.5 Å². The third-order valence-electron chi connectivity index (χ3n) is 2.74. The number of hydrogen-bond donors (Lipinski definition) is 1. The number of aliphatic hydroxyl groups excluding tert-OH is 1. The molecule has 1 aromatic carbocycles. The molecule has 5 heteroatoms. The maximum absolute atomic E-state index is 11.7. The highest BCUT2D eigenvalue weighted by molar-refractivity contribution is 9.10. The van der Waals surface area contributed by atoms with E-state index in [1.807, 2.05) is 30.0 Å². The van der Waals surface area contributed by atoms with Gasteiger partial charge in [0.15, 0.2) is 0 Å². The number of benzene rings is 1. The fraction of sp³-hybridized carbons (Fsp3) is 0.462. The highest BCUT2D eigenvalue weighted by Crippen LogP contribution is 2.27. The lowest BCUT2D eigenvalue weighted by molar-refractivity contribution is -0.127. The van der Waals surface area contributed by atoms with Gasteiger partial charge >= 0.3 is 0 Å². The Bertz CT molecular complexity index is 421. The van der Waals surface area contributed by atoms with Crippen LogP contribution in [0.3, 0.4) is 0 Å². The quantitative estimate of drug-likeness (QED) is 0.902. The first-order valence-corrected chi connectivity index (χ1v) is 6.63. The molecule has 0 aliphatic carbocycles. The number of rotatable bonds is 5. The van der Waals surface area contributed by atoms with Crippen molar-refractivity contribution in [3.05, 3.63) is 28.2 Å². The molecule has 18 heavy (non-hydrogen) atoms. The number of likely N-dealkylation sites (N-methyl/N-ethyl adjacent to an activating group) is 2. The Hall–Kier alpha value is -1.07. The van der Waals surface area contributed by atoms with Crippen LogP contribution >= 0.6 is 15.9 Å². The number of carbonyl (C=O) groups is 1. The molecule has 0 aliphatic heterocycles. The summed E-state index contributed by atoms with van der Waals surface area (Å²) < 4.78 is 0.891. The summed E-state index contributed by atoms with van der Waals surface area (Å²) in [6, 6.07) is 5.66. The van der Waals surface area contributed by atoms with Gasteiger partial charge in [0.1, 0.15) is 0 Å². The van der Waals surface area contributed by atoms with E-state index in [9.17, 15) is 4.79 Å². The molecule has 0 radical (unpaired) electrons. The fourth-order valence-electron chi connectivity index (χ4n) is 1.58. The number of anilines is 1. The molecule has 0 atom stereocenters. The summed E-state index contributed by atoms with van der Waals surface area (Å²) >= 11 is 3.48.